The molecule has 0 aliphatic carbocycles. The van der Waals surface area contributed by atoms with E-state index in [1.54, 1.807) is 11.1 Å². The molecule has 72 valence electrons. The highest BCUT2D eigenvalue weighted by Gasteiger charge is 2.23. The van der Waals surface area contributed by atoms with Gasteiger partial charge in [-0.25, -0.2) is 4.79 Å². The summed E-state index contributed by atoms with van der Waals surface area (Å²) >= 11 is 0. The van der Waals surface area contributed by atoms with Gasteiger partial charge < -0.3 is 4.74 Å². The van der Waals surface area contributed by atoms with Crippen molar-refractivity contribution in [2.24, 2.45) is 5.92 Å². The molecule has 0 bridgehead atoms. The zero-order valence-corrected chi connectivity index (χ0v) is 8.23. The third kappa shape index (κ3) is 2.11. The van der Waals surface area contributed by atoms with E-state index in [-0.39, 0.29) is 12.1 Å². The molecule has 0 saturated heterocycles. The SMILES string of the molecule is COC(=O)N1C=CC=C[C@H]1C(C)C. The fourth-order valence-corrected chi connectivity index (χ4v) is 1.34. The summed E-state index contributed by atoms with van der Waals surface area (Å²) < 4.78 is 4.67. The standard InChI is InChI=1S/C10H15NO2/c1-8(2)9-6-4-5-7-11(9)10(12)13-3/h4-9H,1-3H3/t9-/m0/s1. The van der Waals surface area contributed by atoms with Gasteiger partial charge in [0.2, 0.25) is 0 Å². The number of rotatable bonds is 1. The minimum absolute atomic E-state index is 0.109. The maximum atomic E-state index is 11.3. The Hall–Kier alpha value is -1.25. The molecule has 0 N–H and O–H groups in total. The maximum absolute atomic E-state index is 11.3. The van der Waals surface area contributed by atoms with Gasteiger partial charge in [-0.2, -0.15) is 0 Å². The second-order valence-electron chi connectivity index (χ2n) is 3.34. The molecule has 1 aliphatic rings. The smallest absolute Gasteiger partial charge is 0.414 e. The van der Waals surface area contributed by atoms with Gasteiger partial charge in [0, 0.05) is 6.20 Å². The normalized spacial score (nSPS) is 20.9. The van der Waals surface area contributed by atoms with Gasteiger partial charge in [-0.1, -0.05) is 26.0 Å². The molecule has 3 heteroatoms. The van der Waals surface area contributed by atoms with Crippen LogP contribution >= 0.6 is 0 Å². The highest BCUT2D eigenvalue weighted by Crippen LogP contribution is 2.17. The Kier molecular flexibility index (Phi) is 3.12. The van der Waals surface area contributed by atoms with E-state index in [2.05, 4.69) is 18.6 Å². The van der Waals surface area contributed by atoms with E-state index in [1.807, 2.05) is 18.2 Å². The van der Waals surface area contributed by atoms with Crippen LogP contribution in [0, 0.1) is 5.92 Å². The van der Waals surface area contributed by atoms with Gasteiger partial charge in [-0.05, 0) is 12.0 Å². The maximum Gasteiger partial charge on any atom is 0.414 e. The van der Waals surface area contributed by atoms with E-state index >= 15 is 0 Å². The van der Waals surface area contributed by atoms with Crippen LogP contribution in [0.3, 0.4) is 0 Å². The number of hydrogen-bond acceptors (Lipinski definition) is 2. The Balaban J connectivity index is 2.76. The second kappa shape index (κ2) is 4.12. The van der Waals surface area contributed by atoms with Gasteiger partial charge in [0.05, 0.1) is 13.2 Å². The zero-order chi connectivity index (χ0) is 9.84. The summed E-state index contributed by atoms with van der Waals surface area (Å²) in [5.41, 5.74) is 0. The first-order valence-electron chi connectivity index (χ1n) is 4.38. The molecule has 1 atom stereocenters. The molecule has 13 heavy (non-hydrogen) atoms. The minimum Gasteiger partial charge on any atom is -0.452 e. The van der Waals surface area contributed by atoms with Crippen molar-refractivity contribution in [2.45, 2.75) is 19.9 Å². The van der Waals surface area contributed by atoms with Crippen LogP contribution in [0.1, 0.15) is 13.8 Å². The number of carbonyl (C=O) groups excluding carboxylic acids is 1. The monoisotopic (exact) mass is 181 g/mol. The summed E-state index contributed by atoms with van der Waals surface area (Å²) in [6.45, 7) is 4.15. The molecule has 0 aromatic carbocycles. The molecule has 0 unspecified atom stereocenters. The van der Waals surface area contributed by atoms with E-state index in [1.165, 1.54) is 7.11 Å². The Labute approximate surface area is 78.7 Å². The highest BCUT2D eigenvalue weighted by molar-refractivity contribution is 5.70. The average molecular weight is 181 g/mol. The lowest BCUT2D eigenvalue weighted by Gasteiger charge is -2.29. The number of carbonyl (C=O) groups is 1. The molecule has 1 aliphatic heterocycles. The summed E-state index contributed by atoms with van der Waals surface area (Å²) in [5.74, 6) is 0.389. The first-order valence-corrected chi connectivity index (χ1v) is 4.38. The molecule has 1 rings (SSSR count). The van der Waals surface area contributed by atoms with Gasteiger partial charge in [-0.15, -0.1) is 0 Å². The summed E-state index contributed by atoms with van der Waals surface area (Å²) in [5, 5.41) is 0. The summed E-state index contributed by atoms with van der Waals surface area (Å²) in [4.78, 5) is 12.9. The summed E-state index contributed by atoms with van der Waals surface area (Å²) in [6, 6.07) is 0.109. The number of hydrogen-bond donors (Lipinski definition) is 0. The molecule has 1 amide bonds. The van der Waals surface area contributed by atoms with Crippen LogP contribution in [-0.2, 0) is 4.74 Å². The predicted molar refractivity (Wildman–Crippen MR) is 51.2 cm³/mol. The fourth-order valence-electron chi connectivity index (χ4n) is 1.34. The van der Waals surface area contributed by atoms with E-state index in [0.717, 1.165) is 0 Å². The second-order valence-corrected chi connectivity index (χ2v) is 3.34. The summed E-state index contributed by atoms with van der Waals surface area (Å²) in [7, 11) is 1.39. The lowest BCUT2D eigenvalue weighted by atomic mass is 10.0. The predicted octanol–water partition coefficient (Wildman–Crippen LogP) is 2.16. The Morgan fingerprint density at radius 3 is 2.69 bits per heavy atom. The quantitative estimate of drug-likeness (QED) is 0.620. The van der Waals surface area contributed by atoms with E-state index in [4.69, 9.17) is 0 Å². The number of allylic oxidation sites excluding steroid dienone is 2. The van der Waals surface area contributed by atoms with Crippen LogP contribution in [0.25, 0.3) is 0 Å². The number of nitrogens with zero attached hydrogens (tertiary/aromatic N) is 1. The molecule has 0 aromatic rings. The fraction of sp³-hybridized carbons (Fsp3) is 0.500. The molecule has 0 saturated carbocycles. The summed E-state index contributed by atoms with van der Waals surface area (Å²) in [6.07, 6.45) is 7.22. The van der Waals surface area contributed by atoms with Crippen molar-refractivity contribution in [2.75, 3.05) is 7.11 Å². The lowest BCUT2D eigenvalue weighted by molar-refractivity contribution is 0.124. The Bertz CT molecular complexity index is 243. The highest BCUT2D eigenvalue weighted by atomic mass is 16.5. The van der Waals surface area contributed by atoms with Crippen molar-refractivity contribution >= 4 is 6.09 Å². The Morgan fingerprint density at radius 1 is 1.46 bits per heavy atom. The van der Waals surface area contributed by atoms with Crippen molar-refractivity contribution in [1.82, 2.24) is 4.90 Å². The third-order valence-electron chi connectivity index (χ3n) is 2.06. The first kappa shape index (κ1) is 9.84. The average Bonchev–Trinajstić information content (AvgIpc) is 2.16. The third-order valence-corrected chi connectivity index (χ3v) is 2.06. The largest absolute Gasteiger partial charge is 0.452 e. The molecule has 0 radical (unpaired) electrons. The van der Waals surface area contributed by atoms with Crippen molar-refractivity contribution in [1.29, 1.82) is 0 Å². The first-order chi connectivity index (χ1) is 6.16. The molecule has 0 spiro atoms. The van der Waals surface area contributed by atoms with Crippen LogP contribution in [-0.4, -0.2) is 24.1 Å². The van der Waals surface area contributed by atoms with Crippen LogP contribution < -0.4 is 0 Å². The number of amides is 1. The van der Waals surface area contributed by atoms with E-state index in [9.17, 15) is 4.79 Å². The lowest BCUT2D eigenvalue weighted by Crippen LogP contribution is -2.39. The van der Waals surface area contributed by atoms with Gasteiger partial charge in [0.25, 0.3) is 0 Å². The van der Waals surface area contributed by atoms with Gasteiger partial charge >= 0.3 is 6.09 Å². The van der Waals surface area contributed by atoms with E-state index in [0.29, 0.717) is 5.92 Å². The van der Waals surface area contributed by atoms with Crippen molar-refractivity contribution in [3.8, 4) is 0 Å². The van der Waals surface area contributed by atoms with Crippen molar-refractivity contribution < 1.29 is 9.53 Å². The van der Waals surface area contributed by atoms with Crippen molar-refractivity contribution in [3.05, 3.63) is 24.4 Å². The molecule has 3 nitrogen and oxygen atoms in total. The molecule has 1 heterocycles. The van der Waals surface area contributed by atoms with Gasteiger partial charge in [0.1, 0.15) is 0 Å². The van der Waals surface area contributed by atoms with Crippen LogP contribution in [0.4, 0.5) is 4.79 Å². The molecular formula is C10H15NO2. The van der Waals surface area contributed by atoms with Crippen LogP contribution in [0.2, 0.25) is 0 Å². The number of ether oxygens (including phenoxy) is 1. The van der Waals surface area contributed by atoms with E-state index < -0.39 is 0 Å². The number of methoxy groups -OCH3 is 1. The zero-order valence-electron chi connectivity index (χ0n) is 8.23. The topological polar surface area (TPSA) is 29.5 Å². The van der Waals surface area contributed by atoms with Gasteiger partial charge in [0.15, 0.2) is 0 Å². The van der Waals surface area contributed by atoms with Crippen LogP contribution in [0.5, 0.6) is 0 Å². The minimum atomic E-state index is -0.306. The molecular weight excluding hydrogens is 166 g/mol. The molecule has 0 fully saturated rings. The Morgan fingerprint density at radius 2 is 2.15 bits per heavy atom. The molecule has 0 aromatic heterocycles. The van der Waals surface area contributed by atoms with Crippen LogP contribution in [0.15, 0.2) is 24.4 Å². The van der Waals surface area contributed by atoms with Gasteiger partial charge in [-0.3, -0.25) is 4.90 Å². The van der Waals surface area contributed by atoms with Crippen molar-refractivity contribution in [3.63, 3.8) is 0 Å².